The Bertz CT molecular complexity index is 244. The van der Waals surface area contributed by atoms with Crippen LogP contribution in [-0.4, -0.2) is 23.1 Å². The fourth-order valence-electron chi connectivity index (χ4n) is 0.819. The summed E-state index contributed by atoms with van der Waals surface area (Å²) >= 11 is 0. The summed E-state index contributed by atoms with van der Waals surface area (Å²) in [6.45, 7) is 1.68. The van der Waals surface area contributed by atoms with E-state index in [9.17, 15) is 9.59 Å². The Labute approximate surface area is 82.3 Å². The average Bonchev–Trinajstić information content (AvgIpc) is 2.11. The van der Waals surface area contributed by atoms with Gasteiger partial charge in [0.2, 0.25) is 0 Å². The maximum absolute atomic E-state index is 11.0. The van der Waals surface area contributed by atoms with Crippen LogP contribution >= 0.6 is 0 Å². The molecular formula is C9H13NO4. The van der Waals surface area contributed by atoms with Crippen molar-refractivity contribution >= 4 is 11.9 Å². The summed E-state index contributed by atoms with van der Waals surface area (Å²) in [5, 5.41) is 16.5. The van der Waals surface area contributed by atoms with Crippen molar-refractivity contribution in [2.75, 3.05) is 0 Å². The van der Waals surface area contributed by atoms with E-state index >= 15 is 0 Å². The topological polar surface area (TPSA) is 87.4 Å². The van der Waals surface area contributed by atoms with E-state index in [4.69, 9.17) is 15.1 Å². The van der Waals surface area contributed by atoms with Crippen LogP contribution in [0.1, 0.15) is 32.6 Å². The number of aliphatic carboxylic acids is 1. The van der Waals surface area contributed by atoms with Crippen LogP contribution in [0.25, 0.3) is 0 Å². The maximum Gasteiger partial charge on any atom is 0.306 e. The van der Waals surface area contributed by atoms with Crippen LogP contribution in [0.4, 0.5) is 0 Å². The van der Waals surface area contributed by atoms with Gasteiger partial charge in [0.05, 0.1) is 25.0 Å². The van der Waals surface area contributed by atoms with Crippen LogP contribution in [-0.2, 0) is 14.3 Å². The van der Waals surface area contributed by atoms with Crippen molar-refractivity contribution in [2.24, 2.45) is 0 Å². The summed E-state index contributed by atoms with van der Waals surface area (Å²) in [7, 11) is 0. The molecule has 1 atom stereocenters. The maximum atomic E-state index is 11.0. The third-order valence-electron chi connectivity index (χ3n) is 1.54. The van der Waals surface area contributed by atoms with Crippen molar-refractivity contribution in [1.29, 1.82) is 5.26 Å². The third-order valence-corrected chi connectivity index (χ3v) is 1.54. The number of carboxylic acid groups (broad SMARTS) is 1. The van der Waals surface area contributed by atoms with E-state index < -0.39 is 11.9 Å². The molecule has 0 saturated heterocycles. The highest BCUT2D eigenvalue weighted by Gasteiger charge is 2.10. The lowest BCUT2D eigenvalue weighted by molar-refractivity contribution is -0.151. The van der Waals surface area contributed by atoms with E-state index in [1.165, 1.54) is 0 Å². The van der Waals surface area contributed by atoms with Gasteiger partial charge in [-0.05, 0) is 13.3 Å². The van der Waals surface area contributed by atoms with Crippen LogP contribution in [0.15, 0.2) is 0 Å². The lowest BCUT2D eigenvalue weighted by atomic mass is 10.2. The molecule has 0 heterocycles. The highest BCUT2D eigenvalue weighted by molar-refractivity contribution is 5.76. The molecule has 0 radical (unpaired) electrons. The summed E-state index contributed by atoms with van der Waals surface area (Å²) in [4.78, 5) is 21.1. The molecule has 0 spiro atoms. The number of hydrogen-bond acceptors (Lipinski definition) is 4. The average molecular weight is 199 g/mol. The number of carbonyl (C=O) groups excluding carboxylic acids is 1. The van der Waals surface area contributed by atoms with Crippen molar-refractivity contribution in [3.8, 4) is 6.07 Å². The molecule has 0 rings (SSSR count). The quantitative estimate of drug-likeness (QED) is 0.647. The first-order valence-electron chi connectivity index (χ1n) is 4.34. The van der Waals surface area contributed by atoms with Crippen LogP contribution in [0.5, 0.6) is 0 Å². The number of carbonyl (C=O) groups is 2. The molecule has 5 nitrogen and oxygen atoms in total. The Morgan fingerprint density at radius 2 is 2.14 bits per heavy atom. The van der Waals surface area contributed by atoms with Crippen LogP contribution in [0, 0.1) is 11.3 Å². The molecule has 0 bridgehead atoms. The lowest BCUT2D eigenvalue weighted by Gasteiger charge is -2.10. The Kier molecular flexibility index (Phi) is 6.12. The zero-order valence-electron chi connectivity index (χ0n) is 8.02. The van der Waals surface area contributed by atoms with Crippen LogP contribution in [0.2, 0.25) is 0 Å². The van der Waals surface area contributed by atoms with Crippen molar-refractivity contribution in [3.63, 3.8) is 0 Å². The zero-order valence-corrected chi connectivity index (χ0v) is 8.02. The van der Waals surface area contributed by atoms with E-state index in [0.29, 0.717) is 12.8 Å². The normalized spacial score (nSPS) is 11.4. The fraction of sp³-hybridized carbons (Fsp3) is 0.667. The molecule has 14 heavy (non-hydrogen) atoms. The third kappa shape index (κ3) is 7.10. The standard InChI is InChI=1S/C9H13NO4/c1-7(3-2-6-10)14-9(13)5-4-8(11)12/h7H,2-5H2,1H3,(H,11,12). The first kappa shape index (κ1) is 12.4. The minimum atomic E-state index is -1.02. The molecule has 0 aliphatic rings. The number of nitrogens with zero attached hydrogens (tertiary/aromatic N) is 1. The number of ether oxygens (including phenoxy) is 1. The predicted molar refractivity (Wildman–Crippen MR) is 47.3 cm³/mol. The summed E-state index contributed by atoms with van der Waals surface area (Å²) in [5.41, 5.74) is 0. The molecule has 1 unspecified atom stereocenters. The second-order valence-electron chi connectivity index (χ2n) is 2.89. The molecule has 0 fully saturated rings. The summed E-state index contributed by atoms with van der Waals surface area (Å²) in [6, 6.07) is 1.94. The SMILES string of the molecule is CC(CCC#N)OC(=O)CCC(=O)O. The molecule has 0 aliphatic heterocycles. The molecule has 0 aromatic rings. The molecular weight excluding hydrogens is 186 g/mol. The Morgan fingerprint density at radius 3 is 2.64 bits per heavy atom. The van der Waals surface area contributed by atoms with E-state index in [1.807, 2.05) is 6.07 Å². The first-order valence-corrected chi connectivity index (χ1v) is 4.34. The minimum Gasteiger partial charge on any atom is -0.481 e. The van der Waals surface area contributed by atoms with E-state index in [1.54, 1.807) is 6.92 Å². The van der Waals surface area contributed by atoms with Crippen molar-refractivity contribution < 1.29 is 19.4 Å². The molecule has 0 aliphatic carbocycles. The molecule has 0 aromatic heterocycles. The number of carboxylic acids is 1. The van der Waals surface area contributed by atoms with Crippen LogP contribution in [0.3, 0.4) is 0 Å². The first-order chi connectivity index (χ1) is 6.56. The highest BCUT2D eigenvalue weighted by atomic mass is 16.5. The Balaban J connectivity index is 3.61. The van der Waals surface area contributed by atoms with Gasteiger partial charge in [-0.2, -0.15) is 5.26 Å². The van der Waals surface area contributed by atoms with E-state index in [2.05, 4.69) is 0 Å². The second kappa shape index (κ2) is 6.89. The molecule has 0 aromatic carbocycles. The van der Waals surface area contributed by atoms with Crippen molar-refractivity contribution in [1.82, 2.24) is 0 Å². The van der Waals surface area contributed by atoms with Gasteiger partial charge in [0.25, 0.3) is 0 Å². The lowest BCUT2D eigenvalue weighted by Crippen LogP contribution is -2.15. The second-order valence-corrected chi connectivity index (χ2v) is 2.89. The van der Waals surface area contributed by atoms with Gasteiger partial charge in [0.1, 0.15) is 0 Å². The number of hydrogen-bond donors (Lipinski definition) is 1. The molecule has 0 amide bonds. The molecule has 78 valence electrons. The molecule has 0 saturated carbocycles. The van der Waals surface area contributed by atoms with Gasteiger partial charge in [-0.1, -0.05) is 0 Å². The minimum absolute atomic E-state index is 0.119. The summed E-state index contributed by atoms with van der Waals surface area (Å²) < 4.78 is 4.85. The Hall–Kier alpha value is -1.57. The predicted octanol–water partition coefficient (Wildman–Crippen LogP) is 1.09. The van der Waals surface area contributed by atoms with Gasteiger partial charge in [-0.15, -0.1) is 0 Å². The smallest absolute Gasteiger partial charge is 0.306 e. The summed E-state index contributed by atoms with van der Waals surface area (Å²) in [6.07, 6.45) is 0.148. The largest absolute Gasteiger partial charge is 0.481 e. The monoisotopic (exact) mass is 199 g/mol. The van der Waals surface area contributed by atoms with Gasteiger partial charge in [0.15, 0.2) is 0 Å². The number of esters is 1. The Morgan fingerprint density at radius 1 is 1.50 bits per heavy atom. The van der Waals surface area contributed by atoms with Gasteiger partial charge >= 0.3 is 11.9 Å². The van der Waals surface area contributed by atoms with Crippen molar-refractivity contribution in [2.45, 2.75) is 38.7 Å². The van der Waals surface area contributed by atoms with Gasteiger partial charge in [-0.3, -0.25) is 9.59 Å². The van der Waals surface area contributed by atoms with Gasteiger partial charge < -0.3 is 9.84 Å². The fourth-order valence-corrected chi connectivity index (χ4v) is 0.819. The van der Waals surface area contributed by atoms with Crippen LogP contribution < -0.4 is 0 Å². The highest BCUT2D eigenvalue weighted by Crippen LogP contribution is 2.03. The number of nitriles is 1. The zero-order chi connectivity index (χ0) is 11.0. The molecule has 1 N–H and O–H groups in total. The number of rotatable bonds is 6. The van der Waals surface area contributed by atoms with Crippen molar-refractivity contribution in [3.05, 3.63) is 0 Å². The van der Waals surface area contributed by atoms with E-state index in [-0.39, 0.29) is 18.9 Å². The van der Waals surface area contributed by atoms with Gasteiger partial charge in [-0.25, -0.2) is 0 Å². The summed E-state index contributed by atoms with van der Waals surface area (Å²) in [5.74, 6) is -1.55. The molecule has 5 heteroatoms. The van der Waals surface area contributed by atoms with Gasteiger partial charge in [0, 0.05) is 6.42 Å². The van der Waals surface area contributed by atoms with E-state index in [0.717, 1.165) is 0 Å².